The molecule has 62 valence electrons. The van der Waals surface area contributed by atoms with Crippen molar-refractivity contribution < 1.29 is 5.11 Å². The Hall–Kier alpha value is -1.34. The molecule has 0 aromatic heterocycles. The van der Waals surface area contributed by atoms with Crippen LogP contribution in [0.2, 0.25) is 0 Å². The first kappa shape index (κ1) is 8.75. The summed E-state index contributed by atoms with van der Waals surface area (Å²) in [5.74, 6) is 0. The number of hydrogen-bond donors (Lipinski definition) is 1. The zero-order chi connectivity index (χ0) is 8.97. The van der Waals surface area contributed by atoms with Gasteiger partial charge in [-0.2, -0.15) is 0 Å². The smallest absolute Gasteiger partial charge is 0.0681 e. The summed E-state index contributed by atoms with van der Waals surface area (Å²) in [6.45, 7) is 7.50. The van der Waals surface area contributed by atoms with Crippen LogP contribution in [0.15, 0.2) is 49.1 Å². The van der Waals surface area contributed by atoms with Crippen molar-refractivity contribution in [3.63, 3.8) is 0 Å². The van der Waals surface area contributed by atoms with Gasteiger partial charge >= 0.3 is 0 Å². The summed E-state index contributed by atoms with van der Waals surface area (Å²) in [6, 6.07) is 9.71. The van der Waals surface area contributed by atoms with Gasteiger partial charge in [-0.1, -0.05) is 43.5 Å². The fourth-order valence-electron chi connectivity index (χ4n) is 0.939. The van der Waals surface area contributed by atoms with E-state index < -0.39 is 0 Å². The fourth-order valence-corrected chi connectivity index (χ4v) is 0.939. The average molecular weight is 160 g/mol. The molecule has 1 N–H and O–H groups in total. The van der Waals surface area contributed by atoms with Gasteiger partial charge in [0.15, 0.2) is 0 Å². The van der Waals surface area contributed by atoms with E-state index in [1.54, 1.807) is 0 Å². The largest absolute Gasteiger partial charge is 0.392 e. The average Bonchev–Trinajstić information content (AvgIpc) is 2.17. The molecule has 1 aromatic rings. The molecule has 12 heavy (non-hydrogen) atoms. The van der Waals surface area contributed by atoms with Crippen molar-refractivity contribution in [2.24, 2.45) is 0 Å². The molecule has 1 aromatic carbocycles. The molecule has 0 aliphatic rings. The van der Waals surface area contributed by atoms with Crippen molar-refractivity contribution in [3.05, 3.63) is 54.6 Å². The first-order valence-corrected chi connectivity index (χ1v) is 3.79. The Bertz CT molecular complexity index is 285. The van der Waals surface area contributed by atoms with Crippen molar-refractivity contribution >= 4 is 5.57 Å². The SMILES string of the molecule is C=C(CO)C(=C)c1ccccc1. The van der Waals surface area contributed by atoms with Gasteiger partial charge in [0.25, 0.3) is 0 Å². The molecule has 0 saturated heterocycles. The third-order valence-electron chi connectivity index (χ3n) is 1.74. The molecule has 0 aliphatic carbocycles. The second-order valence-corrected chi connectivity index (χ2v) is 2.61. The third kappa shape index (κ3) is 1.83. The second-order valence-electron chi connectivity index (χ2n) is 2.61. The van der Waals surface area contributed by atoms with Crippen LogP contribution in [0.25, 0.3) is 5.57 Å². The van der Waals surface area contributed by atoms with Gasteiger partial charge in [0, 0.05) is 0 Å². The maximum absolute atomic E-state index is 8.81. The highest BCUT2D eigenvalue weighted by atomic mass is 16.3. The van der Waals surface area contributed by atoms with E-state index in [9.17, 15) is 0 Å². The maximum Gasteiger partial charge on any atom is 0.0681 e. The van der Waals surface area contributed by atoms with Crippen molar-refractivity contribution in [2.75, 3.05) is 6.61 Å². The molecule has 0 fully saturated rings. The van der Waals surface area contributed by atoms with E-state index in [0.29, 0.717) is 5.57 Å². The van der Waals surface area contributed by atoms with Gasteiger partial charge in [0.05, 0.1) is 6.61 Å². The number of hydrogen-bond acceptors (Lipinski definition) is 1. The molecule has 1 rings (SSSR count). The lowest BCUT2D eigenvalue weighted by atomic mass is 10.0. The predicted octanol–water partition coefficient (Wildman–Crippen LogP) is 2.25. The van der Waals surface area contributed by atoms with Crippen LogP contribution in [0.1, 0.15) is 5.56 Å². The van der Waals surface area contributed by atoms with Gasteiger partial charge in [-0.3, -0.25) is 0 Å². The number of aliphatic hydroxyl groups is 1. The normalized spacial score (nSPS) is 9.42. The van der Waals surface area contributed by atoms with E-state index >= 15 is 0 Å². The summed E-state index contributed by atoms with van der Waals surface area (Å²) in [5, 5.41) is 8.81. The zero-order valence-corrected chi connectivity index (χ0v) is 6.96. The van der Waals surface area contributed by atoms with E-state index in [4.69, 9.17) is 5.11 Å². The Labute approximate surface area is 72.7 Å². The van der Waals surface area contributed by atoms with Crippen molar-refractivity contribution in [2.45, 2.75) is 0 Å². The first-order chi connectivity index (χ1) is 5.75. The van der Waals surface area contributed by atoms with E-state index in [2.05, 4.69) is 13.2 Å². The highest BCUT2D eigenvalue weighted by molar-refractivity contribution is 5.76. The van der Waals surface area contributed by atoms with E-state index in [0.717, 1.165) is 11.1 Å². The second kappa shape index (κ2) is 3.88. The molecule has 0 atom stereocenters. The van der Waals surface area contributed by atoms with E-state index in [1.165, 1.54) is 0 Å². The van der Waals surface area contributed by atoms with Crippen molar-refractivity contribution in [1.82, 2.24) is 0 Å². The predicted molar refractivity (Wildman–Crippen MR) is 51.7 cm³/mol. The van der Waals surface area contributed by atoms with Crippen LogP contribution in [0, 0.1) is 0 Å². The molecule has 0 radical (unpaired) electrons. The summed E-state index contributed by atoms with van der Waals surface area (Å²) in [7, 11) is 0. The van der Waals surface area contributed by atoms with Crippen LogP contribution >= 0.6 is 0 Å². The van der Waals surface area contributed by atoms with Gasteiger partial charge in [0.1, 0.15) is 0 Å². The number of benzene rings is 1. The molecule has 0 amide bonds. The van der Waals surface area contributed by atoms with Gasteiger partial charge in [-0.05, 0) is 16.7 Å². The fraction of sp³-hybridized carbons (Fsp3) is 0.0909. The first-order valence-electron chi connectivity index (χ1n) is 3.79. The molecule has 0 bridgehead atoms. The van der Waals surface area contributed by atoms with E-state index in [-0.39, 0.29) is 6.61 Å². The summed E-state index contributed by atoms with van der Waals surface area (Å²) >= 11 is 0. The molecule has 0 heterocycles. The monoisotopic (exact) mass is 160 g/mol. The molecule has 1 nitrogen and oxygen atoms in total. The molecule has 0 aliphatic heterocycles. The lowest BCUT2D eigenvalue weighted by Gasteiger charge is -2.05. The Morgan fingerprint density at radius 2 is 1.75 bits per heavy atom. The lowest BCUT2D eigenvalue weighted by molar-refractivity contribution is 0.336. The highest BCUT2D eigenvalue weighted by Gasteiger charge is 1.99. The zero-order valence-electron chi connectivity index (χ0n) is 6.96. The maximum atomic E-state index is 8.81. The van der Waals surface area contributed by atoms with Gasteiger partial charge < -0.3 is 5.11 Å². The van der Waals surface area contributed by atoms with Crippen LogP contribution in [-0.2, 0) is 0 Å². The summed E-state index contributed by atoms with van der Waals surface area (Å²) in [6.07, 6.45) is 0. The Balaban J connectivity index is 2.86. The molecular formula is C11H12O. The summed E-state index contributed by atoms with van der Waals surface area (Å²) in [4.78, 5) is 0. The quantitative estimate of drug-likeness (QED) is 0.672. The van der Waals surface area contributed by atoms with Crippen LogP contribution in [0.3, 0.4) is 0 Å². The number of aliphatic hydroxyl groups excluding tert-OH is 1. The number of rotatable bonds is 3. The van der Waals surface area contributed by atoms with E-state index in [1.807, 2.05) is 30.3 Å². The Kier molecular flexibility index (Phi) is 2.83. The summed E-state index contributed by atoms with van der Waals surface area (Å²) in [5.41, 5.74) is 2.48. The Morgan fingerprint density at radius 1 is 1.17 bits per heavy atom. The third-order valence-corrected chi connectivity index (χ3v) is 1.74. The van der Waals surface area contributed by atoms with Crippen molar-refractivity contribution in [3.8, 4) is 0 Å². The minimum Gasteiger partial charge on any atom is -0.392 e. The lowest BCUT2D eigenvalue weighted by Crippen LogP contribution is -1.91. The Morgan fingerprint density at radius 3 is 2.25 bits per heavy atom. The molecular weight excluding hydrogens is 148 g/mol. The van der Waals surface area contributed by atoms with Crippen LogP contribution < -0.4 is 0 Å². The summed E-state index contributed by atoms with van der Waals surface area (Å²) < 4.78 is 0. The minimum absolute atomic E-state index is 0.0340. The topological polar surface area (TPSA) is 20.2 Å². The molecule has 1 heteroatoms. The standard InChI is InChI=1S/C11H12O/c1-9(8-12)10(2)11-6-4-3-5-7-11/h3-7,12H,1-2,8H2. The highest BCUT2D eigenvalue weighted by Crippen LogP contribution is 2.18. The van der Waals surface area contributed by atoms with Crippen LogP contribution in [0.5, 0.6) is 0 Å². The molecule has 0 spiro atoms. The molecule has 0 unspecified atom stereocenters. The molecule has 0 saturated carbocycles. The van der Waals surface area contributed by atoms with Crippen LogP contribution in [0.4, 0.5) is 0 Å². The van der Waals surface area contributed by atoms with Gasteiger partial charge in [-0.15, -0.1) is 0 Å². The van der Waals surface area contributed by atoms with Crippen LogP contribution in [-0.4, -0.2) is 11.7 Å². The van der Waals surface area contributed by atoms with Gasteiger partial charge in [-0.25, -0.2) is 0 Å². The van der Waals surface area contributed by atoms with Crippen molar-refractivity contribution in [1.29, 1.82) is 0 Å². The minimum atomic E-state index is -0.0340. The van der Waals surface area contributed by atoms with Gasteiger partial charge in [0.2, 0.25) is 0 Å².